The number of nitrogens with zero attached hydrogens (tertiary/aromatic N) is 1. The lowest BCUT2D eigenvalue weighted by molar-refractivity contribution is 1.09. The SMILES string of the molecule is CCc1ncc(CNc2ccc(Br)cc2C)s1. The predicted molar refractivity (Wildman–Crippen MR) is 77.7 cm³/mol. The number of nitrogens with one attached hydrogen (secondary N) is 1. The zero-order chi connectivity index (χ0) is 12.3. The van der Waals surface area contributed by atoms with E-state index >= 15 is 0 Å². The van der Waals surface area contributed by atoms with Crippen molar-refractivity contribution >= 4 is 33.0 Å². The Morgan fingerprint density at radius 1 is 1.41 bits per heavy atom. The van der Waals surface area contributed by atoms with Gasteiger partial charge in [-0.25, -0.2) is 4.98 Å². The quantitative estimate of drug-likeness (QED) is 0.906. The summed E-state index contributed by atoms with van der Waals surface area (Å²) in [5.41, 5.74) is 2.43. The molecule has 4 heteroatoms. The van der Waals surface area contributed by atoms with E-state index in [1.165, 1.54) is 21.1 Å². The number of hydrogen-bond acceptors (Lipinski definition) is 3. The summed E-state index contributed by atoms with van der Waals surface area (Å²) < 4.78 is 1.12. The summed E-state index contributed by atoms with van der Waals surface area (Å²) in [5, 5.41) is 4.65. The van der Waals surface area contributed by atoms with Crippen molar-refractivity contribution in [3.05, 3.63) is 44.3 Å². The zero-order valence-electron chi connectivity index (χ0n) is 9.96. The van der Waals surface area contributed by atoms with Crippen LogP contribution >= 0.6 is 27.3 Å². The smallest absolute Gasteiger partial charge is 0.0925 e. The zero-order valence-corrected chi connectivity index (χ0v) is 12.4. The molecule has 0 radical (unpaired) electrons. The van der Waals surface area contributed by atoms with Crippen molar-refractivity contribution < 1.29 is 0 Å². The molecule has 0 aliphatic rings. The van der Waals surface area contributed by atoms with E-state index in [1.807, 2.05) is 6.20 Å². The highest BCUT2D eigenvalue weighted by Gasteiger charge is 2.02. The van der Waals surface area contributed by atoms with Gasteiger partial charge in [0.1, 0.15) is 0 Å². The Morgan fingerprint density at radius 3 is 2.88 bits per heavy atom. The van der Waals surface area contributed by atoms with Gasteiger partial charge in [-0.1, -0.05) is 22.9 Å². The Bertz CT molecular complexity index is 508. The average molecular weight is 311 g/mol. The number of aromatic nitrogens is 1. The maximum Gasteiger partial charge on any atom is 0.0925 e. The Balaban J connectivity index is 2.02. The van der Waals surface area contributed by atoms with Gasteiger partial charge in [-0.15, -0.1) is 11.3 Å². The summed E-state index contributed by atoms with van der Waals surface area (Å²) in [6, 6.07) is 6.27. The molecule has 0 saturated carbocycles. The molecule has 1 aromatic carbocycles. The molecule has 2 aromatic rings. The molecule has 17 heavy (non-hydrogen) atoms. The third kappa shape index (κ3) is 3.30. The first-order valence-corrected chi connectivity index (χ1v) is 7.23. The molecule has 0 saturated heterocycles. The minimum Gasteiger partial charge on any atom is -0.380 e. The molecule has 0 fully saturated rings. The van der Waals surface area contributed by atoms with Gasteiger partial charge in [0, 0.05) is 21.2 Å². The summed E-state index contributed by atoms with van der Waals surface area (Å²) in [6.45, 7) is 5.09. The van der Waals surface area contributed by atoms with Crippen molar-refractivity contribution in [1.29, 1.82) is 0 Å². The largest absolute Gasteiger partial charge is 0.380 e. The van der Waals surface area contributed by atoms with Crippen LogP contribution in [0.4, 0.5) is 5.69 Å². The van der Waals surface area contributed by atoms with Crippen LogP contribution in [0.2, 0.25) is 0 Å². The third-order valence-electron chi connectivity index (χ3n) is 2.55. The summed E-state index contributed by atoms with van der Waals surface area (Å²) in [6.07, 6.45) is 2.98. The summed E-state index contributed by atoms with van der Waals surface area (Å²) in [5.74, 6) is 0. The molecule has 0 aliphatic heterocycles. The highest BCUT2D eigenvalue weighted by Crippen LogP contribution is 2.21. The monoisotopic (exact) mass is 310 g/mol. The molecule has 90 valence electrons. The number of benzene rings is 1. The fraction of sp³-hybridized carbons (Fsp3) is 0.308. The lowest BCUT2D eigenvalue weighted by atomic mass is 10.2. The van der Waals surface area contributed by atoms with Gasteiger partial charge in [-0.05, 0) is 37.1 Å². The van der Waals surface area contributed by atoms with Gasteiger partial charge < -0.3 is 5.32 Å². The number of hydrogen-bond donors (Lipinski definition) is 1. The minimum absolute atomic E-state index is 0.847. The van der Waals surface area contributed by atoms with Gasteiger partial charge in [0.25, 0.3) is 0 Å². The molecule has 0 spiro atoms. The molecule has 2 rings (SSSR count). The fourth-order valence-electron chi connectivity index (χ4n) is 1.60. The molecule has 1 aromatic heterocycles. The standard InChI is InChI=1S/C13H15BrN2S/c1-3-13-16-8-11(17-13)7-15-12-5-4-10(14)6-9(12)2/h4-6,8,15H,3,7H2,1-2H3. The topological polar surface area (TPSA) is 24.9 Å². The van der Waals surface area contributed by atoms with Crippen LogP contribution in [-0.4, -0.2) is 4.98 Å². The first-order chi connectivity index (χ1) is 8.19. The van der Waals surface area contributed by atoms with E-state index in [1.54, 1.807) is 11.3 Å². The van der Waals surface area contributed by atoms with Crippen LogP contribution in [0.5, 0.6) is 0 Å². The maximum absolute atomic E-state index is 4.35. The summed E-state index contributed by atoms with van der Waals surface area (Å²) >= 11 is 5.25. The van der Waals surface area contributed by atoms with Gasteiger partial charge in [0.05, 0.1) is 11.6 Å². The molecule has 2 nitrogen and oxygen atoms in total. The number of aryl methyl sites for hydroxylation is 2. The second-order valence-corrected chi connectivity index (χ2v) is 6.00. The number of halogens is 1. The van der Waals surface area contributed by atoms with Gasteiger partial charge in [0.15, 0.2) is 0 Å². The van der Waals surface area contributed by atoms with Crippen molar-refractivity contribution in [3.63, 3.8) is 0 Å². The fourth-order valence-corrected chi connectivity index (χ4v) is 2.88. The van der Waals surface area contributed by atoms with E-state index in [2.05, 4.69) is 58.3 Å². The predicted octanol–water partition coefficient (Wildman–Crippen LogP) is 4.39. The molecule has 1 N–H and O–H groups in total. The van der Waals surface area contributed by atoms with Crippen LogP contribution in [0.15, 0.2) is 28.9 Å². The van der Waals surface area contributed by atoms with Crippen LogP contribution in [0.25, 0.3) is 0 Å². The van der Waals surface area contributed by atoms with E-state index in [4.69, 9.17) is 0 Å². The Morgan fingerprint density at radius 2 is 2.24 bits per heavy atom. The van der Waals surface area contributed by atoms with Crippen molar-refractivity contribution in [3.8, 4) is 0 Å². The molecule has 0 bridgehead atoms. The van der Waals surface area contributed by atoms with E-state index in [9.17, 15) is 0 Å². The Kier molecular flexibility index (Phi) is 4.18. The summed E-state index contributed by atoms with van der Waals surface area (Å²) in [4.78, 5) is 5.64. The van der Waals surface area contributed by atoms with Gasteiger partial charge in [-0.2, -0.15) is 0 Å². The van der Waals surface area contributed by atoms with Crippen molar-refractivity contribution in [1.82, 2.24) is 4.98 Å². The molecule has 0 unspecified atom stereocenters. The average Bonchev–Trinajstić information content (AvgIpc) is 2.76. The molecule has 0 aliphatic carbocycles. The van der Waals surface area contributed by atoms with Crippen LogP contribution in [0.1, 0.15) is 22.4 Å². The minimum atomic E-state index is 0.847. The Hall–Kier alpha value is -0.870. The lowest BCUT2D eigenvalue weighted by Crippen LogP contribution is -1.99. The van der Waals surface area contributed by atoms with Crippen LogP contribution in [0, 0.1) is 6.92 Å². The van der Waals surface area contributed by atoms with E-state index < -0.39 is 0 Å². The normalized spacial score (nSPS) is 10.5. The van der Waals surface area contributed by atoms with E-state index in [0.717, 1.165) is 17.4 Å². The molecular weight excluding hydrogens is 296 g/mol. The number of rotatable bonds is 4. The van der Waals surface area contributed by atoms with E-state index in [0.29, 0.717) is 0 Å². The second-order valence-electron chi connectivity index (χ2n) is 3.89. The summed E-state index contributed by atoms with van der Waals surface area (Å²) in [7, 11) is 0. The van der Waals surface area contributed by atoms with Crippen molar-refractivity contribution in [2.24, 2.45) is 0 Å². The lowest BCUT2D eigenvalue weighted by Gasteiger charge is -2.08. The maximum atomic E-state index is 4.35. The Labute approximate surface area is 114 Å². The van der Waals surface area contributed by atoms with Gasteiger partial charge in [-0.3, -0.25) is 0 Å². The first kappa shape index (κ1) is 12.6. The van der Waals surface area contributed by atoms with Crippen LogP contribution in [0.3, 0.4) is 0 Å². The molecular formula is C13H15BrN2S. The van der Waals surface area contributed by atoms with Gasteiger partial charge >= 0.3 is 0 Å². The van der Waals surface area contributed by atoms with Crippen molar-refractivity contribution in [2.75, 3.05) is 5.32 Å². The highest BCUT2D eigenvalue weighted by molar-refractivity contribution is 9.10. The number of anilines is 1. The van der Waals surface area contributed by atoms with Gasteiger partial charge in [0.2, 0.25) is 0 Å². The number of thiazole rings is 1. The third-order valence-corrected chi connectivity index (χ3v) is 4.18. The second kappa shape index (κ2) is 5.65. The first-order valence-electron chi connectivity index (χ1n) is 5.62. The molecule has 0 amide bonds. The molecule has 0 atom stereocenters. The molecule has 1 heterocycles. The van der Waals surface area contributed by atoms with Crippen molar-refractivity contribution in [2.45, 2.75) is 26.8 Å². The van der Waals surface area contributed by atoms with Crippen LogP contribution in [-0.2, 0) is 13.0 Å². The van der Waals surface area contributed by atoms with Crippen LogP contribution < -0.4 is 5.32 Å². The van der Waals surface area contributed by atoms with E-state index in [-0.39, 0.29) is 0 Å². The highest BCUT2D eigenvalue weighted by atomic mass is 79.9.